The summed E-state index contributed by atoms with van der Waals surface area (Å²) in [6, 6.07) is 2.26. The van der Waals surface area contributed by atoms with E-state index >= 15 is 0 Å². The van der Waals surface area contributed by atoms with Crippen molar-refractivity contribution < 1.29 is 4.74 Å². The minimum Gasteiger partial charge on any atom is -0.381 e. The van der Waals surface area contributed by atoms with E-state index in [-0.39, 0.29) is 5.41 Å². The largest absolute Gasteiger partial charge is 0.381 e. The molecule has 0 amide bonds. The van der Waals surface area contributed by atoms with Crippen molar-refractivity contribution in [3.8, 4) is 0 Å². The first kappa shape index (κ1) is 10.5. The van der Waals surface area contributed by atoms with Gasteiger partial charge in [0, 0.05) is 22.8 Å². The van der Waals surface area contributed by atoms with Crippen LogP contribution in [-0.2, 0) is 11.2 Å². The molecule has 0 aliphatic carbocycles. The van der Waals surface area contributed by atoms with Gasteiger partial charge < -0.3 is 4.74 Å². The number of hydrogen-bond donors (Lipinski definition) is 0. The molecule has 1 aromatic heterocycles. The normalized spacial score (nSPS) is 27.0. The van der Waals surface area contributed by atoms with E-state index in [1.807, 2.05) is 11.3 Å². The quantitative estimate of drug-likeness (QED) is 0.725. The Morgan fingerprint density at radius 2 is 2.50 bits per heavy atom. The molecule has 2 rings (SSSR count). The number of rotatable bonds is 3. The van der Waals surface area contributed by atoms with Gasteiger partial charge in [-0.1, -0.05) is 0 Å². The molecule has 2 heterocycles. The van der Waals surface area contributed by atoms with Crippen LogP contribution in [0.4, 0.5) is 0 Å². The Morgan fingerprint density at radius 1 is 1.64 bits per heavy atom. The maximum absolute atomic E-state index is 6.04. The molecular formula is C11H15ClOS. The van der Waals surface area contributed by atoms with Crippen LogP contribution in [0, 0.1) is 12.3 Å². The third-order valence-electron chi connectivity index (χ3n) is 2.83. The van der Waals surface area contributed by atoms with Crippen LogP contribution in [0.2, 0.25) is 0 Å². The molecule has 1 nitrogen and oxygen atoms in total. The average molecular weight is 231 g/mol. The summed E-state index contributed by atoms with van der Waals surface area (Å²) < 4.78 is 5.45. The minimum atomic E-state index is 0.203. The van der Waals surface area contributed by atoms with Crippen LogP contribution < -0.4 is 0 Å². The monoisotopic (exact) mass is 230 g/mol. The van der Waals surface area contributed by atoms with Gasteiger partial charge in [-0.3, -0.25) is 0 Å². The highest BCUT2D eigenvalue weighted by Crippen LogP contribution is 2.34. The lowest BCUT2D eigenvalue weighted by Gasteiger charge is -2.23. The van der Waals surface area contributed by atoms with Crippen molar-refractivity contribution in [2.75, 3.05) is 19.1 Å². The Bertz CT molecular complexity index is 302. The third kappa shape index (κ3) is 2.13. The molecule has 0 spiro atoms. The lowest BCUT2D eigenvalue weighted by atomic mass is 9.83. The Morgan fingerprint density at radius 3 is 3.00 bits per heavy atom. The van der Waals surface area contributed by atoms with Gasteiger partial charge in [0.15, 0.2) is 0 Å². The van der Waals surface area contributed by atoms with E-state index < -0.39 is 0 Å². The second-order valence-electron chi connectivity index (χ2n) is 4.18. The van der Waals surface area contributed by atoms with Gasteiger partial charge in [0.1, 0.15) is 0 Å². The topological polar surface area (TPSA) is 9.23 Å². The van der Waals surface area contributed by atoms with Crippen molar-refractivity contribution in [1.29, 1.82) is 0 Å². The number of ether oxygens (including phenoxy) is 1. The first-order valence-corrected chi connectivity index (χ1v) is 6.33. The second kappa shape index (κ2) is 4.21. The summed E-state index contributed by atoms with van der Waals surface area (Å²) in [5.74, 6) is 0.710. The van der Waals surface area contributed by atoms with Crippen LogP contribution in [0.5, 0.6) is 0 Å². The number of hydrogen-bond acceptors (Lipinski definition) is 2. The van der Waals surface area contributed by atoms with E-state index in [9.17, 15) is 0 Å². The Labute approximate surface area is 94.0 Å². The van der Waals surface area contributed by atoms with E-state index in [1.165, 1.54) is 10.4 Å². The van der Waals surface area contributed by atoms with Crippen LogP contribution in [0.3, 0.4) is 0 Å². The number of halogens is 1. The van der Waals surface area contributed by atoms with Crippen LogP contribution in [0.1, 0.15) is 16.9 Å². The first-order chi connectivity index (χ1) is 6.74. The van der Waals surface area contributed by atoms with E-state index in [1.54, 1.807) is 0 Å². The van der Waals surface area contributed by atoms with Crippen molar-refractivity contribution in [3.63, 3.8) is 0 Å². The van der Waals surface area contributed by atoms with Gasteiger partial charge in [0.05, 0.1) is 6.61 Å². The number of aryl methyl sites for hydroxylation is 1. The van der Waals surface area contributed by atoms with Gasteiger partial charge in [-0.05, 0) is 36.8 Å². The van der Waals surface area contributed by atoms with Gasteiger partial charge in [0.25, 0.3) is 0 Å². The smallest absolute Gasteiger partial charge is 0.0537 e. The Hall–Kier alpha value is -0.0500. The lowest BCUT2D eigenvalue weighted by Crippen LogP contribution is -2.25. The highest BCUT2D eigenvalue weighted by Gasteiger charge is 2.34. The molecule has 1 atom stereocenters. The van der Waals surface area contributed by atoms with E-state index in [0.29, 0.717) is 5.88 Å². The molecular weight excluding hydrogens is 216 g/mol. The molecule has 1 aliphatic heterocycles. The molecule has 14 heavy (non-hydrogen) atoms. The third-order valence-corrected chi connectivity index (χ3v) is 4.31. The summed E-state index contributed by atoms with van der Waals surface area (Å²) in [7, 11) is 0. The second-order valence-corrected chi connectivity index (χ2v) is 5.56. The SMILES string of the molecule is Cc1cc(CC2(CCl)CCOC2)cs1. The summed E-state index contributed by atoms with van der Waals surface area (Å²) in [6.45, 7) is 3.84. The summed E-state index contributed by atoms with van der Waals surface area (Å²) in [5, 5.41) is 2.24. The maximum Gasteiger partial charge on any atom is 0.0537 e. The molecule has 1 unspecified atom stereocenters. The van der Waals surface area contributed by atoms with E-state index in [2.05, 4.69) is 18.4 Å². The van der Waals surface area contributed by atoms with Crippen LogP contribution in [-0.4, -0.2) is 19.1 Å². The molecule has 1 aliphatic rings. The summed E-state index contributed by atoms with van der Waals surface area (Å²) in [4.78, 5) is 1.38. The molecule has 1 fully saturated rings. The first-order valence-electron chi connectivity index (χ1n) is 4.92. The molecule has 0 radical (unpaired) electrons. The fourth-order valence-electron chi connectivity index (χ4n) is 1.97. The molecule has 0 aromatic carbocycles. The highest BCUT2D eigenvalue weighted by molar-refractivity contribution is 7.10. The number of alkyl halides is 1. The molecule has 0 N–H and O–H groups in total. The molecule has 78 valence electrons. The zero-order valence-electron chi connectivity index (χ0n) is 8.38. The van der Waals surface area contributed by atoms with Crippen LogP contribution in [0.15, 0.2) is 11.4 Å². The fourth-order valence-corrected chi connectivity index (χ4v) is 2.98. The zero-order valence-corrected chi connectivity index (χ0v) is 9.96. The average Bonchev–Trinajstić information content (AvgIpc) is 2.77. The van der Waals surface area contributed by atoms with Crippen molar-refractivity contribution in [3.05, 3.63) is 21.9 Å². The highest BCUT2D eigenvalue weighted by atomic mass is 35.5. The van der Waals surface area contributed by atoms with Gasteiger partial charge in [-0.2, -0.15) is 0 Å². The van der Waals surface area contributed by atoms with Gasteiger partial charge >= 0.3 is 0 Å². The van der Waals surface area contributed by atoms with Gasteiger partial charge in [-0.15, -0.1) is 22.9 Å². The maximum atomic E-state index is 6.04. The van der Waals surface area contributed by atoms with E-state index in [4.69, 9.17) is 16.3 Å². The van der Waals surface area contributed by atoms with Crippen molar-refractivity contribution in [1.82, 2.24) is 0 Å². The van der Waals surface area contributed by atoms with Crippen molar-refractivity contribution in [2.45, 2.75) is 19.8 Å². The Balaban J connectivity index is 2.08. The van der Waals surface area contributed by atoms with Crippen LogP contribution >= 0.6 is 22.9 Å². The summed E-state index contributed by atoms with van der Waals surface area (Å²) in [6.07, 6.45) is 2.17. The summed E-state index contributed by atoms with van der Waals surface area (Å²) in [5.41, 5.74) is 1.62. The van der Waals surface area contributed by atoms with Gasteiger partial charge in [-0.25, -0.2) is 0 Å². The lowest BCUT2D eigenvalue weighted by molar-refractivity contribution is 0.161. The molecule has 0 saturated carbocycles. The Kier molecular flexibility index (Phi) is 3.15. The van der Waals surface area contributed by atoms with E-state index in [0.717, 1.165) is 26.1 Å². The van der Waals surface area contributed by atoms with Crippen molar-refractivity contribution in [2.24, 2.45) is 5.41 Å². The predicted octanol–water partition coefficient (Wildman–Crippen LogP) is 3.24. The molecule has 1 saturated heterocycles. The standard InChI is InChI=1S/C11H15ClOS/c1-9-4-10(6-14-9)5-11(7-12)2-3-13-8-11/h4,6H,2-3,5,7-8H2,1H3. The predicted molar refractivity (Wildman–Crippen MR) is 61.3 cm³/mol. The van der Waals surface area contributed by atoms with Crippen LogP contribution in [0.25, 0.3) is 0 Å². The fraction of sp³-hybridized carbons (Fsp3) is 0.636. The number of thiophene rings is 1. The van der Waals surface area contributed by atoms with Crippen molar-refractivity contribution >= 4 is 22.9 Å². The molecule has 3 heteroatoms. The minimum absolute atomic E-state index is 0.203. The van der Waals surface area contributed by atoms with Gasteiger partial charge in [0.2, 0.25) is 0 Å². The zero-order chi connectivity index (χ0) is 10.0. The molecule has 1 aromatic rings. The summed E-state index contributed by atoms with van der Waals surface area (Å²) >= 11 is 7.86. The molecule has 0 bridgehead atoms.